The number of aliphatic hydroxyl groups excluding tert-OH is 1. The van der Waals surface area contributed by atoms with E-state index in [1.165, 1.54) is 0 Å². The van der Waals surface area contributed by atoms with Crippen LogP contribution in [0.5, 0.6) is 0 Å². The molecule has 2 aromatic rings. The third kappa shape index (κ3) is 4.51. The minimum Gasteiger partial charge on any atom is -0.423 e. The van der Waals surface area contributed by atoms with Crippen molar-refractivity contribution in [3.63, 3.8) is 0 Å². The van der Waals surface area contributed by atoms with E-state index in [9.17, 15) is 5.11 Å². The van der Waals surface area contributed by atoms with Gasteiger partial charge in [0, 0.05) is 0 Å². The molecule has 1 aliphatic heterocycles. The predicted octanol–water partition coefficient (Wildman–Crippen LogP) is 0.299. The molecule has 0 amide bonds. The Morgan fingerprint density at radius 1 is 1.09 bits per heavy atom. The minimum absolute atomic E-state index is 0.134. The van der Waals surface area contributed by atoms with Crippen LogP contribution in [0.15, 0.2) is 53.5 Å². The van der Waals surface area contributed by atoms with Gasteiger partial charge in [0.15, 0.2) is 0 Å². The SMILES string of the molecule is CC1C=c2c(B(O)O)cccc2=N1.CC[C@H](O)c1ccccc1. The number of aliphatic hydroxyl groups is 1. The summed E-state index contributed by atoms with van der Waals surface area (Å²) in [7, 11) is -1.41. The maximum atomic E-state index is 9.33. The summed E-state index contributed by atoms with van der Waals surface area (Å²) in [5.74, 6) is 0. The largest absolute Gasteiger partial charge is 0.489 e. The zero-order valence-corrected chi connectivity index (χ0v) is 13.4. The molecule has 0 aromatic heterocycles. The highest BCUT2D eigenvalue weighted by Gasteiger charge is 2.15. The molecule has 1 unspecified atom stereocenters. The molecule has 3 N–H and O–H groups in total. The van der Waals surface area contributed by atoms with Gasteiger partial charge in [0.1, 0.15) is 0 Å². The van der Waals surface area contributed by atoms with Crippen molar-refractivity contribution in [2.75, 3.05) is 0 Å². The molecule has 5 heteroatoms. The maximum absolute atomic E-state index is 9.33. The second-order valence-corrected chi connectivity index (χ2v) is 5.52. The van der Waals surface area contributed by atoms with Crippen molar-refractivity contribution >= 4 is 18.7 Å². The number of hydrogen-bond donors (Lipinski definition) is 3. The molecule has 120 valence electrons. The van der Waals surface area contributed by atoms with Crippen LogP contribution in [0.2, 0.25) is 0 Å². The Hall–Kier alpha value is -1.95. The van der Waals surface area contributed by atoms with E-state index >= 15 is 0 Å². The first-order chi connectivity index (χ1) is 11.0. The van der Waals surface area contributed by atoms with E-state index in [1.807, 2.05) is 56.3 Å². The predicted molar refractivity (Wildman–Crippen MR) is 92.7 cm³/mol. The molecule has 0 radical (unpaired) electrons. The lowest BCUT2D eigenvalue weighted by atomic mass is 9.79. The highest BCUT2D eigenvalue weighted by atomic mass is 16.4. The molecule has 23 heavy (non-hydrogen) atoms. The van der Waals surface area contributed by atoms with E-state index in [0.717, 1.165) is 22.6 Å². The molecule has 2 atom stereocenters. The fourth-order valence-electron chi connectivity index (χ4n) is 2.50. The van der Waals surface area contributed by atoms with Gasteiger partial charge in [0.25, 0.3) is 0 Å². The first-order valence-corrected chi connectivity index (χ1v) is 7.80. The topological polar surface area (TPSA) is 73.0 Å². The molecule has 0 bridgehead atoms. The van der Waals surface area contributed by atoms with Crippen molar-refractivity contribution in [3.05, 3.63) is 64.7 Å². The zero-order valence-electron chi connectivity index (χ0n) is 13.4. The summed E-state index contributed by atoms with van der Waals surface area (Å²) in [6.45, 7) is 3.94. The molecule has 1 heterocycles. The third-order valence-corrected chi connectivity index (χ3v) is 3.72. The first-order valence-electron chi connectivity index (χ1n) is 7.80. The van der Waals surface area contributed by atoms with Crippen LogP contribution in [-0.4, -0.2) is 28.3 Å². The Labute approximate surface area is 136 Å². The van der Waals surface area contributed by atoms with Gasteiger partial charge in [0.2, 0.25) is 0 Å². The van der Waals surface area contributed by atoms with Crippen molar-refractivity contribution in [3.8, 4) is 0 Å². The van der Waals surface area contributed by atoms with E-state index in [4.69, 9.17) is 10.0 Å². The van der Waals surface area contributed by atoms with Crippen molar-refractivity contribution in [1.82, 2.24) is 0 Å². The Morgan fingerprint density at radius 3 is 2.39 bits per heavy atom. The van der Waals surface area contributed by atoms with Crippen LogP contribution in [0.3, 0.4) is 0 Å². The summed E-state index contributed by atoms with van der Waals surface area (Å²) in [6.07, 6.45) is 2.43. The van der Waals surface area contributed by atoms with Gasteiger partial charge in [-0.05, 0) is 35.7 Å². The molecule has 0 aliphatic carbocycles. The smallest absolute Gasteiger partial charge is 0.423 e. The standard InChI is InChI=1S/C9H10BNO2.C9H12O/c1-6-5-7-8(10(12)13)3-2-4-9(7)11-6;1-2-9(10)8-6-4-3-5-7-8/h2-6,12-13H,1H3;3-7,9-10H,2H2,1H3/t;9-/m.0/s1. The van der Waals surface area contributed by atoms with Crippen LogP contribution in [0.1, 0.15) is 31.9 Å². The molecular weight excluding hydrogens is 289 g/mol. The fourth-order valence-corrected chi connectivity index (χ4v) is 2.50. The minimum atomic E-state index is -1.41. The van der Waals surface area contributed by atoms with Crippen molar-refractivity contribution < 1.29 is 15.2 Å². The van der Waals surface area contributed by atoms with Gasteiger partial charge in [-0.25, -0.2) is 0 Å². The van der Waals surface area contributed by atoms with Crippen LogP contribution in [-0.2, 0) is 0 Å². The molecule has 1 aliphatic rings. The maximum Gasteiger partial charge on any atom is 0.489 e. The average molecular weight is 311 g/mol. The number of fused-ring (bicyclic) bond motifs is 1. The third-order valence-electron chi connectivity index (χ3n) is 3.72. The lowest BCUT2D eigenvalue weighted by molar-refractivity contribution is 0.173. The Kier molecular flexibility index (Phi) is 6.10. The van der Waals surface area contributed by atoms with E-state index in [0.29, 0.717) is 5.46 Å². The fraction of sp³-hybridized carbons (Fsp3) is 0.278. The van der Waals surface area contributed by atoms with E-state index in [1.54, 1.807) is 12.1 Å². The summed E-state index contributed by atoms with van der Waals surface area (Å²) >= 11 is 0. The zero-order chi connectivity index (χ0) is 16.8. The number of hydrogen-bond acceptors (Lipinski definition) is 4. The molecule has 0 saturated carbocycles. The number of rotatable bonds is 3. The van der Waals surface area contributed by atoms with Gasteiger partial charge in [-0.2, -0.15) is 0 Å². The summed E-state index contributed by atoms with van der Waals surface area (Å²) in [4.78, 5) is 4.32. The normalized spacial score (nSPS) is 16.3. The van der Waals surface area contributed by atoms with Gasteiger partial charge < -0.3 is 15.2 Å². The highest BCUT2D eigenvalue weighted by molar-refractivity contribution is 6.58. The van der Waals surface area contributed by atoms with Gasteiger partial charge in [0.05, 0.1) is 17.5 Å². The molecule has 0 saturated heterocycles. The lowest BCUT2D eigenvalue weighted by Crippen LogP contribution is -2.47. The van der Waals surface area contributed by atoms with E-state index < -0.39 is 7.12 Å². The monoisotopic (exact) mass is 311 g/mol. The van der Waals surface area contributed by atoms with Crippen molar-refractivity contribution in [2.45, 2.75) is 32.4 Å². The molecule has 2 aromatic carbocycles. The second kappa shape index (κ2) is 8.06. The van der Waals surface area contributed by atoms with Gasteiger partial charge in [-0.15, -0.1) is 0 Å². The Bertz CT molecular complexity index is 747. The number of nitrogens with zero attached hydrogens (tertiary/aromatic N) is 1. The second-order valence-electron chi connectivity index (χ2n) is 5.52. The van der Waals surface area contributed by atoms with Crippen LogP contribution < -0.4 is 16.0 Å². The number of benzene rings is 2. The van der Waals surface area contributed by atoms with Crippen LogP contribution in [0, 0.1) is 0 Å². The summed E-state index contributed by atoms with van der Waals surface area (Å²) in [5, 5.41) is 29.2. The van der Waals surface area contributed by atoms with Crippen molar-refractivity contribution in [2.24, 2.45) is 4.99 Å². The van der Waals surface area contributed by atoms with Crippen LogP contribution in [0.4, 0.5) is 0 Å². The summed E-state index contributed by atoms with van der Waals surface area (Å²) < 4.78 is 0. The summed E-state index contributed by atoms with van der Waals surface area (Å²) in [6, 6.07) is 15.2. The Balaban J connectivity index is 0.000000174. The van der Waals surface area contributed by atoms with Gasteiger partial charge >= 0.3 is 7.12 Å². The Morgan fingerprint density at radius 2 is 1.78 bits per heavy atom. The van der Waals surface area contributed by atoms with Gasteiger partial charge in [-0.1, -0.05) is 55.5 Å². The van der Waals surface area contributed by atoms with Gasteiger partial charge in [-0.3, -0.25) is 4.99 Å². The molecule has 3 rings (SSSR count). The molecule has 4 nitrogen and oxygen atoms in total. The van der Waals surface area contributed by atoms with E-state index in [2.05, 4.69) is 4.99 Å². The van der Waals surface area contributed by atoms with Crippen LogP contribution in [0.25, 0.3) is 6.08 Å². The average Bonchev–Trinajstić information content (AvgIpc) is 2.95. The molecular formula is C18H22BNO3. The quantitative estimate of drug-likeness (QED) is 0.714. The summed E-state index contributed by atoms with van der Waals surface area (Å²) in [5.41, 5.74) is 1.54. The first kappa shape index (κ1) is 17.4. The highest BCUT2D eigenvalue weighted by Crippen LogP contribution is 2.14. The van der Waals surface area contributed by atoms with E-state index in [-0.39, 0.29) is 12.1 Å². The van der Waals surface area contributed by atoms with Crippen LogP contribution >= 0.6 is 0 Å². The molecule has 0 spiro atoms. The lowest BCUT2D eigenvalue weighted by Gasteiger charge is -2.05. The molecule has 0 fully saturated rings. The van der Waals surface area contributed by atoms with Crippen molar-refractivity contribution in [1.29, 1.82) is 0 Å².